The molecule has 2 aliphatic rings. The number of para-hydroxylation sites is 1. The number of fused-ring (bicyclic) bond motifs is 2. The van der Waals surface area contributed by atoms with Crippen LogP contribution in [0.5, 0.6) is 11.5 Å². The Bertz CT molecular complexity index is 1560. The maximum Gasteiger partial charge on any atom is 0.248 e. The van der Waals surface area contributed by atoms with Gasteiger partial charge >= 0.3 is 0 Å². The first-order valence-electron chi connectivity index (χ1n) is 14.8. The third-order valence-electron chi connectivity index (χ3n) is 8.27. The molecule has 6 rings (SSSR count). The zero-order valence-electron chi connectivity index (χ0n) is 24.3. The summed E-state index contributed by atoms with van der Waals surface area (Å²) >= 11 is 0. The van der Waals surface area contributed by atoms with E-state index in [-0.39, 0.29) is 24.3 Å². The van der Waals surface area contributed by atoms with E-state index in [0.717, 1.165) is 53.4 Å². The van der Waals surface area contributed by atoms with E-state index in [2.05, 4.69) is 10.3 Å². The summed E-state index contributed by atoms with van der Waals surface area (Å²) in [6.07, 6.45) is 7.29. The second-order valence-electron chi connectivity index (χ2n) is 11.4. The van der Waals surface area contributed by atoms with Crippen molar-refractivity contribution in [2.45, 2.75) is 50.6 Å². The fourth-order valence-corrected chi connectivity index (χ4v) is 6.04. The summed E-state index contributed by atoms with van der Waals surface area (Å²) in [5.41, 5.74) is 4.20. The van der Waals surface area contributed by atoms with Crippen LogP contribution in [0.2, 0.25) is 0 Å². The topological polar surface area (TPSA) is 86.9 Å². The van der Waals surface area contributed by atoms with Gasteiger partial charge in [-0.15, -0.1) is 0 Å². The highest BCUT2D eigenvalue weighted by Crippen LogP contribution is 2.38. The van der Waals surface area contributed by atoms with Gasteiger partial charge in [0.1, 0.15) is 19.3 Å². The van der Waals surface area contributed by atoms with Crippen molar-refractivity contribution in [1.82, 2.24) is 10.3 Å². The molecule has 0 spiro atoms. The number of hydrogen-bond donors (Lipinski definition) is 2. The van der Waals surface area contributed by atoms with Gasteiger partial charge in [0, 0.05) is 54.7 Å². The van der Waals surface area contributed by atoms with Crippen LogP contribution in [0.3, 0.4) is 0 Å². The molecule has 8 heteroatoms. The van der Waals surface area contributed by atoms with Gasteiger partial charge in [-0.05, 0) is 54.3 Å². The third-order valence-corrected chi connectivity index (χ3v) is 8.27. The lowest BCUT2D eigenvalue weighted by atomic mass is 9.94. The number of nitrogens with one attached hydrogen (secondary N) is 2. The van der Waals surface area contributed by atoms with Crippen LogP contribution in [0.15, 0.2) is 72.9 Å². The lowest BCUT2D eigenvalue weighted by Crippen LogP contribution is -2.47. The second-order valence-corrected chi connectivity index (χ2v) is 11.4. The van der Waals surface area contributed by atoms with Gasteiger partial charge in [-0.1, -0.05) is 49.6 Å². The number of carbonyl (C=O) groups is 2. The normalized spacial score (nSPS) is 15.7. The molecule has 2 heterocycles. The number of carbonyl (C=O) groups excluding carboxylic acids is 2. The average molecular weight is 567 g/mol. The number of H-pyrrole nitrogens is 1. The van der Waals surface area contributed by atoms with E-state index >= 15 is 0 Å². The number of hydrogen-bond acceptors (Lipinski definition) is 5. The highest BCUT2D eigenvalue weighted by molar-refractivity contribution is 6.03. The molecule has 1 aliphatic carbocycles. The first kappa shape index (κ1) is 27.7. The van der Waals surface area contributed by atoms with Gasteiger partial charge in [0.2, 0.25) is 11.8 Å². The zero-order valence-corrected chi connectivity index (χ0v) is 24.3. The first-order valence-corrected chi connectivity index (χ1v) is 14.8. The third kappa shape index (κ3) is 5.79. The zero-order chi connectivity index (χ0) is 29.1. The van der Waals surface area contributed by atoms with Gasteiger partial charge in [0.15, 0.2) is 11.5 Å². The molecule has 0 saturated heterocycles. The lowest BCUT2D eigenvalue weighted by molar-refractivity contribution is -0.127. The van der Waals surface area contributed by atoms with Crippen molar-refractivity contribution in [2.24, 2.45) is 0 Å². The highest BCUT2D eigenvalue weighted by atomic mass is 16.6. The molecule has 0 bridgehead atoms. The molecule has 3 aromatic carbocycles. The molecule has 4 aromatic rings. The summed E-state index contributed by atoms with van der Waals surface area (Å²) in [5.74, 6) is 0.837. The van der Waals surface area contributed by atoms with Crippen LogP contribution in [0.1, 0.15) is 49.3 Å². The minimum atomic E-state index is -0.872. The maximum absolute atomic E-state index is 14.5. The van der Waals surface area contributed by atoms with E-state index in [9.17, 15) is 9.59 Å². The standard InChI is InChI=1S/C34H38N4O4/c1-37(2)26-14-12-23(13-15-26)33(34(40)36-25-8-4-3-5-9-25)38(27-16-17-30-31(21-27)42-19-18-41-30)32(39)20-24-22-35-29-11-7-6-10-28(24)29/h6-7,10-17,21-22,25,33,35H,3-5,8-9,18-20H2,1-2H3,(H,36,40). The van der Waals surface area contributed by atoms with Gasteiger partial charge < -0.3 is 24.7 Å². The van der Waals surface area contributed by atoms with Crippen molar-refractivity contribution in [3.8, 4) is 11.5 Å². The molecule has 8 nitrogen and oxygen atoms in total. The molecule has 2 amide bonds. The van der Waals surface area contributed by atoms with Crippen LogP contribution < -0.4 is 24.6 Å². The average Bonchev–Trinajstić information content (AvgIpc) is 3.42. The number of rotatable bonds is 8. The van der Waals surface area contributed by atoms with Gasteiger partial charge in [-0.2, -0.15) is 0 Å². The van der Waals surface area contributed by atoms with E-state index in [0.29, 0.717) is 30.4 Å². The lowest BCUT2D eigenvalue weighted by Gasteiger charge is -2.34. The predicted octanol–water partition coefficient (Wildman–Crippen LogP) is 5.77. The summed E-state index contributed by atoms with van der Waals surface area (Å²) in [6.45, 7) is 0.900. The molecule has 1 atom stereocenters. The van der Waals surface area contributed by atoms with Crippen LogP contribution in [0, 0.1) is 0 Å². The van der Waals surface area contributed by atoms with Crippen LogP contribution in [0.25, 0.3) is 10.9 Å². The van der Waals surface area contributed by atoms with Crippen molar-refractivity contribution >= 4 is 34.1 Å². The van der Waals surface area contributed by atoms with Crippen molar-refractivity contribution in [3.05, 3.63) is 84.1 Å². The van der Waals surface area contributed by atoms with E-state index in [1.54, 1.807) is 4.90 Å². The Balaban J connectivity index is 1.43. The number of anilines is 2. The summed E-state index contributed by atoms with van der Waals surface area (Å²) in [4.78, 5) is 35.7. The number of amides is 2. The van der Waals surface area contributed by atoms with Crippen molar-refractivity contribution in [2.75, 3.05) is 37.1 Å². The highest BCUT2D eigenvalue weighted by Gasteiger charge is 2.35. The number of nitrogens with zero attached hydrogens (tertiary/aromatic N) is 2. The number of aromatic amines is 1. The Morgan fingerprint density at radius 1 is 0.905 bits per heavy atom. The van der Waals surface area contributed by atoms with Crippen LogP contribution in [0.4, 0.5) is 11.4 Å². The molecule has 218 valence electrons. The summed E-state index contributed by atoms with van der Waals surface area (Å²) in [6, 6.07) is 20.5. The first-order chi connectivity index (χ1) is 20.5. The number of ether oxygens (including phenoxy) is 2. The summed E-state index contributed by atoms with van der Waals surface area (Å²) < 4.78 is 11.7. The Kier molecular flexibility index (Phi) is 8.04. The van der Waals surface area contributed by atoms with Gasteiger partial charge in [0.05, 0.1) is 6.42 Å². The molecule has 42 heavy (non-hydrogen) atoms. The monoisotopic (exact) mass is 566 g/mol. The van der Waals surface area contributed by atoms with E-state index in [1.807, 2.05) is 91.9 Å². The molecule has 2 N–H and O–H groups in total. The molecular weight excluding hydrogens is 528 g/mol. The van der Waals surface area contributed by atoms with E-state index in [1.165, 1.54) is 6.42 Å². The van der Waals surface area contributed by atoms with Gasteiger partial charge in [-0.3, -0.25) is 14.5 Å². The molecular formula is C34H38N4O4. The van der Waals surface area contributed by atoms with Gasteiger partial charge in [-0.25, -0.2) is 0 Å². The fourth-order valence-electron chi connectivity index (χ4n) is 6.04. The quantitative estimate of drug-likeness (QED) is 0.283. The molecule has 0 radical (unpaired) electrons. The number of aromatic nitrogens is 1. The summed E-state index contributed by atoms with van der Waals surface area (Å²) in [5, 5.41) is 4.30. The van der Waals surface area contributed by atoms with Crippen LogP contribution in [-0.2, 0) is 16.0 Å². The second kappa shape index (κ2) is 12.2. The number of benzene rings is 3. The van der Waals surface area contributed by atoms with Crippen LogP contribution in [-0.4, -0.2) is 50.1 Å². The Hall–Kier alpha value is -4.46. The molecule has 1 aromatic heterocycles. The predicted molar refractivity (Wildman–Crippen MR) is 165 cm³/mol. The van der Waals surface area contributed by atoms with Crippen molar-refractivity contribution < 1.29 is 19.1 Å². The van der Waals surface area contributed by atoms with Crippen LogP contribution >= 0.6 is 0 Å². The Morgan fingerprint density at radius 3 is 2.38 bits per heavy atom. The SMILES string of the molecule is CN(C)c1ccc(C(C(=O)NC2CCCCC2)N(C(=O)Cc2c[nH]c3ccccc23)c2ccc3c(c2)OCCO3)cc1. The Morgan fingerprint density at radius 2 is 1.62 bits per heavy atom. The van der Waals surface area contributed by atoms with E-state index < -0.39 is 6.04 Å². The van der Waals surface area contributed by atoms with Crippen molar-refractivity contribution in [3.63, 3.8) is 0 Å². The minimum absolute atomic E-state index is 0.0978. The molecule has 1 aliphatic heterocycles. The maximum atomic E-state index is 14.5. The largest absolute Gasteiger partial charge is 0.486 e. The Labute approximate surface area is 246 Å². The smallest absolute Gasteiger partial charge is 0.248 e. The van der Waals surface area contributed by atoms with E-state index in [4.69, 9.17) is 9.47 Å². The molecule has 1 fully saturated rings. The minimum Gasteiger partial charge on any atom is -0.486 e. The fraction of sp³-hybridized carbons (Fsp3) is 0.353. The molecule has 1 saturated carbocycles. The van der Waals surface area contributed by atoms with Crippen molar-refractivity contribution in [1.29, 1.82) is 0 Å². The van der Waals surface area contributed by atoms with Gasteiger partial charge in [0.25, 0.3) is 0 Å². The molecule has 1 unspecified atom stereocenters. The summed E-state index contributed by atoms with van der Waals surface area (Å²) in [7, 11) is 3.96.